The van der Waals surface area contributed by atoms with E-state index in [1.54, 1.807) is 0 Å². The van der Waals surface area contributed by atoms with Gasteiger partial charge in [0.25, 0.3) is 0 Å². The topological polar surface area (TPSA) is 70.4 Å². The number of aromatic nitrogens is 1. The number of aliphatic hydroxyl groups excluding tert-OH is 1. The Balaban J connectivity index is 2.65. The van der Waals surface area contributed by atoms with Crippen molar-refractivity contribution in [2.75, 3.05) is 0 Å². The number of carboxylic acid groups (broad SMARTS) is 1. The molecule has 0 saturated heterocycles. The highest BCUT2D eigenvalue weighted by Crippen LogP contribution is 2.27. The number of thiazole rings is 1. The van der Waals surface area contributed by atoms with Gasteiger partial charge in [-0.05, 0) is 18.3 Å². The fourth-order valence-corrected chi connectivity index (χ4v) is 2.05. The predicted octanol–water partition coefficient (Wildman–Crippen LogP) is 2.56. The van der Waals surface area contributed by atoms with Gasteiger partial charge in [-0.25, -0.2) is 9.78 Å². The molecule has 1 heterocycles. The number of nitrogens with zero attached hydrogens (tertiary/aromatic N) is 1. The fourth-order valence-electron chi connectivity index (χ4n) is 1.26. The highest BCUT2D eigenvalue weighted by atomic mass is 32.1. The van der Waals surface area contributed by atoms with Crippen molar-refractivity contribution in [1.29, 1.82) is 0 Å². The number of aliphatic hydroxyl groups is 1. The second-order valence-electron chi connectivity index (χ2n) is 4.35. The largest absolute Gasteiger partial charge is 0.476 e. The van der Waals surface area contributed by atoms with E-state index < -0.39 is 12.1 Å². The molecular formula is C11H17NO3S. The summed E-state index contributed by atoms with van der Waals surface area (Å²) >= 11 is 1.20. The molecule has 4 nitrogen and oxygen atoms in total. The van der Waals surface area contributed by atoms with E-state index in [2.05, 4.69) is 25.8 Å². The lowest BCUT2D eigenvalue weighted by molar-refractivity contribution is 0.0690. The summed E-state index contributed by atoms with van der Waals surface area (Å²) in [4.78, 5) is 14.5. The summed E-state index contributed by atoms with van der Waals surface area (Å²) in [5.41, 5.74) is 0.0104. The van der Waals surface area contributed by atoms with E-state index in [-0.39, 0.29) is 5.69 Å². The Morgan fingerprint density at radius 2 is 2.12 bits per heavy atom. The normalized spacial score (nSPS) is 15.1. The summed E-state index contributed by atoms with van der Waals surface area (Å²) in [6.45, 7) is 6.27. The van der Waals surface area contributed by atoms with Gasteiger partial charge in [-0.1, -0.05) is 20.8 Å². The molecule has 1 aromatic heterocycles. The zero-order valence-corrected chi connectivity index (χ0v) is 10.5. The van der Waals surface area contributed by atoms with E-state index in [9.17, 15) is 9.90 Å². The highest BCUT2D eigenvalue weighted by molar-refractivity contribution is 7.09. The van der Waals surface area contributed by atoms with Gasteiger partial charge in [-0.2, -0.15) is 0 Å². The molecule has 1 rings (SSSR count). The molecular weight excluding hydrogens is 226 g/mol. The molecule has 5 heteroatoms. The Kier molecular flexibility index (Phi) is 4.44. The molecule has 0 radical (unpaired) electrons. The molecule has 1 aromatic rings. The maximum absolute atomic E-state index is 10.6. The van der Waals surface area contributed by atoms with Crippen LogP contribution in [0, 0.1) is 11.8 Å². The minimum atomic E-state index is -1.05. The van der Waals surface area contributed by atoms with E-state index >= 15 is 0 Å². The van der Waals surface area contributed by atoms with Crippen LogP contribution in [-0.2, 0) is 0 Å². The van der Waals surface area contributed by atoms with Gasteiger partial charge in [-0.15, -0.1) is 11.3 Å². The third-order valence-electron chi connectivity index (χ3n) is 2.76. The Bertz CT molecular complexity index is 362. The SMILES string of the molecule is CC(C)[C@H](C)C[C@@H](O)c1nc(C(=O)O)cs1. The molecule has 0 saturated carbocycles. The van der Waals surface area contributed by atoms with Crippen molar-refractivity contribution in [2.45, 2.75) is 33.3 Å². The van der Waals surface area contributed by atoms with Crippen LogP contribution in [-0.4, -0.2) is 21.2 Å². The first-order valence-corrected chi connectivity index (χ1v) is 6.16. The minimum absolute atomic E-state index is 0.0104. The van der Waals surface area contributed by atoms with Crippen molar-refractivity contribution in [3.05, 3.63) is 16.1 Å². The molecule has 2 atom stereocenters. The number of carbonyl (C=O) groups is 1. The first-order valence-electron chi connectivity index (χ1n) is 5.28. The van der Waals surface area contributed by atoms with Gasteiger partial charge < -0.3 is 10.2 Å². The molecule has 0 aliphatic heterocycles. The van der Waals surface area contributed by atoms with Crippen LogP contribution in [0.1, 0.15) is 48.8 Å². The summed E-state index contributed by atoms with van der Waals surface area (Å²) in [7, 11) is 0. The van der Waals surface area contributed by atoms with Crippen molar-refractivity contribution in [2.24, 2.45) is 11.8 Å². The Morgan fingerprint density at radius 3 is 2.56 bits per heavy atom. The molecule has 0 unspecified atom stereocenters. The third kappa shape index (κ3) is 3.28. The van der Waals surface area contributed by atoms with Gasteiger partial charge in [0, 0.05) is 5.38 Å². The molecule has 0 bridgehead atoms. The lowest BCUT2D eigenvalue weighted by Crippen LogP contribution is -2.10. The molecule has 0 aromatic carbocycles. The van der Waals surface area contributed by atoms with Crippen molar-refractivity contribution in [1.82, 2.24) is 4.98 Å². The van der Waals surface area contributed by atoms with Crippen molar-refractivity contribution < 1.29 is 15.0 Å². The molecule has 16 heavy (non-hydrogen) atoms. The molecule has 0 spiro atoms. The number of carboxylic acids is 1. The standard InChI is InChI=1S/C11H17NO3S/c1-6(2)7(3)4-9(13)10-12-8(5-16-10)11(14)15/h5-7,9,13H,4H2,1-3H3,(H,14,15)/t7-,9-/m1/s1. The molecule has 90 valence electrons. The summed E-state index contributed by atoms with van der Waals surface area (Å²) in [6.07, 6.45) is -0.0416. The van der Waals surface area contributed by atoms with Gasteiger partial charge in [0.15, 0.2) is 5.69 Å². The molecule has 0 aliphatic rings. The smallest absolute Gasteiger partial charge is 0.355 e. The van der Waals surface area contributed by atoms with Crippen molar-refractivity contribution in [3.63, 3.8) is 0 Å². The Morgan fingerprint density at radius 1 is 1.50 bits per heavy atom. The van der Waals surface area contributed by atoms with Crippen LogP contribution in [0.25, 0.3) is 0 Å². The maximum Gasteiger partial charge on any atom is 0.355 e. The van der Waals surface area contributed by atoms with Gasteiger partial charge in [-0.3, -0.25) is 0 Å². The summed E-state index contributed by atoms with van der Waals surface area (Å²) in [5.74, 6) is -0.174. The average molecular weight is 243 g/mol. The van der Waals surface area contributed by atoms with Crippen LogP contribution in [0.2, 0.25) is 0 Å². The van der Waals surface area contributed by atoms with Crippen LogP contribution < -0.4 is 0 Å². The number of hydrogen-bond donors (Lipinski definition) is 2. The molecule has 2 N–H and O–H groups in total. The number of aromatic carboxylic acids is 1. The lowest BCUT2D eigenvalue weighted by Gasteiger charge is -2.17. The maximum atomic E-state index is 10.6. The van der Waals surface area contributed by atoms with Gasteiger partial charge in [0.2, 0.25) is 0 Å². The molecule has 0 aliphatic carbocycles. The van der Waals surface area contributed by atoms with Gasteiger partial charge in [0.05, 0.1) is 0 Å². The van der Waals surface area contributed by atoms with Crippen LogP contribution in [0.15, 0.2) is 5.38 Å². The zero-order valence-electron chi connectivity index (χ0n) is 9.67. The van der Waals surface area contributed by atoms with Crippen LogP contribution in [0.4, 0.5) is 0 Å². The summed E-state index contributed by atoms with van der Waals surface area (Å²) in [6, 6.07) is 0. The van der Waals surface area contributed by atoms with E-state index in [0.717, 1.165) is 0 Å². The fraction of sp³-hybridized carbons (Fsp3) is 0.636. The van der Waals surface area contributed by atoms with Crippen molar-refractivity contribution in [3.8, 4) is 0 Å². The number of rotatable bonds is 5. The van der Waals surface area contributed by atoms with Gasteiger partial charge >= 0.3 is 5.97 Å². The lowest BCUT2D eigenvalue weighted by atomic mass is 9.92. The minimum Gasteiger partial charge on any atom is -0.476 e. The average Bonchev–Trinajstić information content (AvgIpc) is 2.65. The molecule has 0 fully saturated rings. The predicted molar refractivity (Wildman–Crippen MR) is 62.7 cm³/mol. The van der Waals surface area contributed by atoms with Gasteiger partial charge in [0.1, 0.15) is 11.1 Å². The Hall–Kier alpha value is -0.940. The first kappa shape index (κ1) is 13.1. The van der Waals surface area contributed by atoms with Crippen LogP contribution in [0.3, 0.4) is 0 Å². The van der Waals surface area contributed by atoms with E-state index in [1.807, 2.05) is 0 Å². The Labute approximate surface area is 99.0 Å². The second-order valence-corrected chi connectivity index (χ2v) is 5.24. The second kappa shape index (κ2) is 5.41. The third-order valence-corrected chi connectivity index (χ3v) is 3.71. The molecule has 0 amide bonds. The quantitative estimate of drug-likeness (QED) is 0.833. The van der Waals surface area contributed by atoms with Crippen LogP contribution >= 0.6 is 11.3 Å². The van der Waals surface area contributed by atoms with E-state index in [0.29, 0.717) is 23.3 Å². The van der Waals surface area contributed by atoms with Crippen LogP contribution in [0.5, 0.6) is 0 Å². The summed E-state index contributed by atoms with van der Waals surface area (Å²) in [5, 5.41) is 20.6. The zero-order chi connectivity index (χ0) is 12.3. The monoisotopic (exact) mass is 243 g/mol. The van der Waals surface area contributed by atoms with E-state index in [1.165, 1.54) is 16.7 Å². The highest BCUT2D eigenvalue weighted by Gasteiger charge is 2.19. The number of hydrogen-bond acceptors (Lipinski definition) is 4. The van der Waals surface area contributed by atoms with Crippen molar-refractivity contribution >= 4 is 17.3 Å². The summed E-state index contributed by atoms with van der Waals surface area (Å²) < 4.78 is 0. The van der Waals surface area contributed by atoms with E-state index in [4.69, 9.17) is 5.11 Å². The first-order chi connectivity index (χ1) is 7.41.